The lowest BCUT2D eigenvalue weighted by Gasteiger charge is -2.34. The van der Waals surface area contributed by atoms with E-state index in [1.807, 2.05) is 12.1 Å². The van der Waals surface area contributed by atoms with Crippen molar-refractivity contribution in [1.29, 1.82) is 0 Å². The molecule has 1 fully saturated rings. The number of hydrogen-bond donors (Lipinski definition) is 0. The molecule has 1 aliphatic carbocycles. The van der Waals surface area contributed by atoms with Gasteiger partial charge in [0.25, 0.3) is 0 Å². The van der Waals surface area contributed by atoms with Gasteiger partial charge in [-0.3, -0.25) is 0 Å². The molecular formula is C11H12BrF. The maximum absolute atomic E-state index is 13.5. The van der Waals surface area contributed by atoms with Gasteiger partial charge in [-0.05, 0) is 42.4 Å². The van der Waals surface area contributed by atoms with Crippen molar-refractivity contribution in [2.75, 3.05) is 0 Å². The van der Waals surface area contributed by atoms with E-state index in [4.69, 9.17) is 0 Å². The average Bonchev–Trinajstić information content (AvgIpc) is 2.07. The predicted octanol–water partition coefficient (Wildman–Crippen LogP) is 4.10. The van der Waals surface area contributed by atoms with Crippen LogP contribution in [0.15, 0.2) is 22.7 Å². The van der Waals surface area contributed by atoms with Crippen molar-refractivity contribution in [2.24, 2.45) is 5.92 Å². The molecule has 1 aromatic carbocycles. The zero-order chi connectivity index (χ0) is 9.42. The van der Waals surface area contributed by atoms with Crippen LogP contribution in [0.3, 0.4) is 0 Å². The van der Waals surface area contributed by atoms with Gasteiger partial charge in [0.1, 0.15) is 5.82 Å². The third-order valence-electron chi connectivity index (χ3n) is 2.98. The van der Waals surface area contributed by atoms with Crippen molar-refractivity contribution < 1.29 is 4.39 Å². The highest BCUT2D eigenvalue weighted by molar-refractivity contribution is 9.10. The smallest absolute Gasteiger partial charge is 0.127 e. The Kier molecular flexibility index (Phi) is 2.41. The molecule has 0 nitrogen and oxygen atoms in total. The Bertz CT molecular complexity index is 322. The van der Waals surface area contributed by atoms with Crippen LogP contribution in [-0.2, 0) is 0 Å². The zero-order valence-electron chi connectivity index (χ0n) is 7.56. The SMILES string of the molecule is C[C@@H]1CC[C@@H]1c1ccc(Br)cc1F. The van der Waals surface area contributed by atoms with E-state index in [2.05, 4.69) is 22.9 Å². The molecule has 2 rings (SSSR count). The Morgan fingerprint density at radius 1 is 1.38 bits per heavy atom. The Morgan fingerprint density at radius 3 is 2.62 bits per heavy atom. The van der Waals surface area contributed by atoms with E-state index >= 15 is 0 Å². The molecular weight excluding hydrogens is 231 g/mol. The Morgan fingerprint density at radius 2 is 2.15 bits per heavy atom. The summed E-state index contributed by atoms with van der Waals surface area (Å²) in [6.45, 7) is 2.19. The van der Waals surface area contributed by atoms with Crippen LogP contribution in [0.25, 0.3) is 0 Å². The summed E-state index contributed by atoms with van der Waals surface area (Å²) >= 11 is 3.26. The van der Waals surface area contributed by atoms with Gasteiger partial charge < -0.3 is 0 Å². The number of halogens is 2. The lowest BCUT2D eigenvalue weighted by molar-refractivity contribution is 0.273. The molecule has 0 spiro atoms. The van der Waals surface area contributed by atoms with Crippen molar-refractivity contribution >= 4 is 15.9 Å². The first kappa shape index (κ1) is 9.20. The molecule has 0 bridgehead atoms. The third-order valence-corrected chi connectivity index (χ3v) is 3.48. The van der Waals surface area contributed by atoms with Crippen molar-refractivity contribution in [3.63, 3.8) is 0 Å². The Labute approximate surface area is 86.3 Å². The second kappa shape index (κ2) is 3.41. The van der Waals surface area contributed by atoms with E-state index in [0.717, 1.165) is 16.5 Å². The van der Waals surface area contributed by atoms with Gasteiger partial charge >= 0.3 is 0 Å². The second-order valence-electron chi connectivity index (χ2n) is 3.83. The van der Waals surface area contributed by atoms with Crippen LogP contribution in [0.4, 0.5) is 4.39 Å². The summed E-state index contributed by atoms with van der Waals surface area (Å²) in [4.78, 5) is 0. The first-order valence-electron chi connectivity index (χ1n) is 4.63. The van der Waals surface area contributed by atoms with E-state index in [1.165, 1.54) is 6.42 Å². The Hall–Kier alpha value is -0.370. The molecule has 1 saturated carbocycles. The van der Waals surface area contributed by atoms with Crippen LogP contribution < -0.4 is 0 Å². The first-order chi connectivity index (χ1) is 6.18. The van der Waals surface area contributed by atoms with Crippen molar-refractivity contribution in [3.05, 3.63) is 34.1 Å². The molecule has 2 atom stereocenters. The molecule has 0 amide bonds. The van der Waals surface area contributed by atoms with Crippen LogP contribution in [0.5, 0.6) is 0 Å². The summed E-state index contributed by atoms with van der Waals surface area (Å²) in [7, 11) is 0. The summed E-state index contributed by atoms with van der Waals surface area (Å²) in [6, 6.07) is 5.38. The minimum absolute atomic E-state index is 0.0640. The van der Waals surface area contributed by atoms with Gasteiger partial charge in [0.15, 0.2) is 0 Å². The van der Waals surface area contributed by atoms with Crippen LogP contribution >= 0.6 is 15.9 Å². The van der Waals surface area contributed by atoms with Crippen molar-refractivity contribution in [1.82, 2.24) is 0 Å². The lowest BCUT2D eigenvalue weighted by Crippen LogP contribution is -2.21. The van der Waals surface area contributed by atoms with Gasteiger partial charge in [-0.15, -0.1) is 0 Å². The molecule has 2 heteroatoms. The molecule has 1 aromatic rings. The minimum atomic E-state index is -0.0640. The standard InChI is InChI=1S/C11H12BrF/c1-7-2-4-9(7)10-5-3-8(12)6-11(10)13/h3,5-7,9H,2,4H2,1H3/t7-,9+/m1/s1. The molecule has 13 heavy (non-hydrogen) atoms. The van der Waals surface area contributed by atoms with Gasteiger partial charge in [-0.2, -0.15) is 0 Å². The first-order valence-corrected chi connectivity index (χ1v) is 5.42. The maximum Gasteiger partial charge on any atom is 0.127 e. The summed E-state index contributed by atoms with van der Waals surface area (Å²) < 4.78 is 14.3. The lowest BCUT2D eigenvalue weighted by atomic mass is 9.71. The summed E-state index contributed by atoms with van der Waals surface area (Å²) in [5.41, 5.74) is 0.891. The zero-order valence-corrected chi connectivity index (χ0v) is 9.14. The maximum atomic E-state index is 13.5. The van der Waals surface area contributed by atoms with Crippen molar-refractivity contribution in [3.8, 4) is 0 Å². The summed E-state index contributed by atoms with van der Waals surface area (Å²) in [6.07, 6.45) is 2.37. The van der Waals surface area contributed by atoms with Crippen LogP contribution in [-0.4, -0.2) is 0 Å². The normalized spacial score (nSPS) is 27.0. The van der Waals surface area contributed by atoms with Crippen LogP contribution in [0, 0.1) is 11.7 Å². The summed E-state index contributed by atoms with van der Waals surface area (Å²) in [5, 5.41) is 0. The molecule has 0 N–H and O–H groups in total. The number of benzene rings is 1. The van der Waals surface area contributed by atoms with Gasteiger partial charge in [0.2, 0.25) is 0 Å². The van der Waals surface area contributed by atoms with Gasteiger partial charge in [0.05, 0.1) is 0 Å². The highest BCUT2D eigenvalue weighted by Gasteiger charge is 2.29. The molecule has 0 aliphatic heterocycles. The number of rotatable bonds is 1. The largest absolute Gasteiger partial charge is 0.207 e. The fraction of sp³-hybridized carbons (Fsp3) is 0.455. The molecule has 0 saturated heterocycles. The fourth-order valence-corrected chi connectivity index (χ4v) is 2.26. The monoisotopic (exact) mass is 242 g/mol. The van der Waals surface area contributed by atoms with E-state index in [1.54, 1.807) is 6.07 Å². The van der Waals surface area contributed by atoms with Crippen LogP contribution in [0.1, 0.15) is 31.2 Å². The molecule has 0 heterocycles. The molecule has 0 unspecified atom stereocenters. The van der Waals surface area contributed by atoms with E-state index in [-0.39, 0.29) is 5.82 Å². The Balaban J connectivity index is 2.30. The highest BCUT2D eigenvalue weighted by Crippen LogP contribution is 2.43. The highest BCUT2D eigenvalue weighted by atomic mass is 79.9. The minimum Gasteiger partial charge on any atom is -0.207 e. The van der Waals surface area contributed by atoms with Crippen LogP contribution in [0.2, 0.25) is 0 Å². The summed E-state index contributed by atoms with van der Waals surface area (Å²) in [5.74, 6) is 1.04. The predicted molar refractivity (Wildman–Crippen MR) is 55.2 cm³/mol. The third kappa shape index (κ3) is 1.64. The van der Waals surface area contributed by atoms with Gasteiger partial charge in [0, 0.05) is 4.47 Å². The van der Waals surface area contributed by atoms with E-state index in [0.29, 0.717) is 11.8 Å². The van der Waals surface area contributed by atoms with E-state index < -0.39 is 0 Å². The number of hydrogen-bond acceptors (Lipinski definition) is 0. The molecule has 0 aromatic heterocycles. The molecule has 1 aliphatic rings. The van der Waals surface area contributed by atoms with Crippen molar-refractivity contribution in [2.45, 2.75) is 25.7 Å². The van der Waals surface area contributed by atoms with Gasteiger partial charge in [-0.1, -0.05) is 28.9 Å². The van der Waals surface area contributed by atoms with Gasteiger partial charge in [-0.25, -0.2) is 4.39 Å². The van der Waals surface area contributed by atoms with E-state index in [9.17, 15) is 4.39 Å². The quantitative estimate of drug-likeness (QED) is 0.696. The second-order valence-corrected chi connectivity index (χ2v) is 4.74. The molecule has 0 radical (unpaired) electrons. The molecule has 70 valence electrons. The fourth-order valence-electron chi connectivity index (χ4n) is 1.93. The topological polar surface area (TPSA) is 0 Å². The average molecular weight is 243 g/mol.